The van der Waals surface area contributed by atoms with Crippen LogP contribution in [0, 0.1) is 13.8 Å². The molecule has 2 heterocycles. The first-order valence-electron chi connectivity index (χ1n) is 11.6. The van der Waals surface area contributed by atoms with Crippen LogP contribution in [0.5, 0.6) is 11.5 Å². The molecule has 1 aliphatic rings. The van der Waals surface area contributed by atoms with Crippen LogP contribution in [0.1, 0.15) is 22.9 Å². The van der Waals surface area contributed by atoms with Gasteiger partial charge in [-0.15, -0.1) is 0 Å². The lowest BCUT2D eigenvalue weighted by Crippen LogP contribution is -2.49. The predicted octanol–water partition coefficient (Wildman–Crippen LogP) is 3.76. The number of aryl methyl sites for hydroxylation is 2. The number of nitrogens with zero attached hydrogens (tertiary/aromatic N) is 2. The van der Waals surface area contributed by atoms with Crippen molar-refractivity contribution in [3.8, 4) is 11.5 Å². The smallest absolute Gasteiger partial charge is 0.244 e. The first-order chi connectivity index (χ1) is 16.8. The molecule has 35 heavy (non-hydrogen) atoms. The standard InChI is InChI=1S/C26H33N3O5S/c1-19-16-25(33-4)26(17-20(19)2)35(30,31)27-18-23(24-6-5-15-34-24)29-13-11-28(12-14-29)21-7-9-22(32-3)10-8-21/h5-10,15-17,23,27H,11-14,18H2,1-4H3. The number of furan rings is 1. The van der Waals surface area contributed by atoms with Crippen molar-refractivity contribution in [2.24, 2.45) is 0 Å². The highest BCUT2D eigenvalue weighted by atomic mass is 32.2. The summed E-state index contributed by atoms with van der Waals surface area (Å²) in [6.07, 6.45) is 1.62. The van der Waals surface area contributed by atoms with Gasteiger partial charge >= 0.3 is 0 Å². The largest absolute Gasteiger partial charge is 0.497 e. The van der Waals surface area contributed by atoms with Crippen molar-refractivity contribution >= 4 is 15.7 Å². The van der Waals surface area contributed by atoms with E-state index in [1.807, 2.05) is 38.1 Å². The maximum Gasteiger partial charge on any atom is 0.244 e. The third-order valence-electron chi connectivity index (χ3n) is 6.60. The maximum atomic E-state index is 13.3. The van der Waals surface area contributed by atoms with Crippen LogP contribution in [0.3, 0.4) is 0 Å². The molecule has 0 spiro atoms. The van der Waals surface area contributed by atoms with Gasteiger partial charge in [-0.1, -0.05) is 0 Å². The van der Waals surface area contributed by atoms with Crippen LogP contribution in [0.4, 0.5) is 5.69 Å². The summed E-state index contributed by atoms with van der Waals surface area (Å²) in [6, 6.07) is 15.0. The van der Waals surface area contributed by atoms with Crippen LogP contribution in [-0.4, -0.2) is 60.3 Å². The Morgan fingerprint density at radius 3 is 2.26 bits per heavy atom. The summed E-state index contributed by atoms with van der Waals surface area (Å²) >= 11 is 0. The van der Waals surface area contributed by atoms with Crippen molar-refractivity contribution in [1.29, 1.82) is 0 Å². The van der Waals surface area contributed by atoms with Gasteiger partial charge in [0.1, 0.15) is 22.2 Å². The molecule has 0 amide bonds. The SMILES string of the molecule is COc1ccc(N2CCN(C(CNS(=O)(=O)c3cc(C)c(C)cc3OC)c3ccco3)CC2)cc1. The van der Waals surface area contributed by atoms with Crippen molar-refractivity contribution in [2.45, 2.75) is 24.8 Å². The van der Waals surface area contributed by atoms with E-state index in [1.54, 1.807) is 25.5 Å². The molecule has 1 saturated heterocycles. The summed E-state index contributed by atoms with van der Waals surface area (Å²) in [6.45, 7) is 7.19. The fraction of sp³-hybridized carbons (Fsp3) is 0.385. The second-order valence-electron chi connectivity index (χ2n) is 8.69. The summed E-state index contributed by atoms with van der Waals surface area (Å²) in [5, 5.41) is 0. The molecule has 9 heteroatoms. The highest BCUT2D eigenvalue weighted by molar-refractivity contribution is 7.89. The van der Waals surface area contributed by atoms with Crippen LogP contribution in [0.15, 0.2) is 64.1 Å². The molecule has 1 atom stereocenters. The monoisotopic (exact) mass is 499 g/mol. The molecule has 0 saturated carbocycles. The van der Waals surface area contributed by atoms with Gasteiger partial charge < -0.3 is 18.8 Å². The molecule has 1 aromatic heterocycles. The highest BCUT2D eigenvalue weighted by Crippen LogP contribution is 2.29. The summed E-state index contributed by atoms with van der Waals surface area (Å²) in [5.41, 5.74) is 3.01. The molecule has 8 nitrogen and oxygen atoms in total. The normalized spacial score (nSPS) is 15.7. The number of benzene rings is 2. The number of hydrogen-bond acceptors (Lipinski definition) is 7. The lowest BCUT2D eigenvalue weighted by molar-refractivity contribution is 0.166. The van der Waals surface area contributed by atoms with E-state index in [1.165, 1.54) is 7.11 Å². The fourth-order valence-electron chi connectivity index (χ4n) is 4.37. The van der Waals surface area contributed by atoms with Gasteiger partial charge in [-0.05, 0) is 73.5 Å². The molecular weight excluding hydrogens is 466 g/mol. The average molecular weight is 500 g/mol. The van der Waals surface area contributed by atoms with Gasteiger partial charge in [-0.2, -0.15) is 0 Å². The Morgan fingerprint density at radius 2 is 1.66 bits per heavy atom. The molecule has 0 bridgehead atoms. The highest BCUT2D eigenvalue weighted by Gasteiger charge is 2.29. The van der Waals surface area contributed by atoms with Gasteiger partial charge in [-0.25, -0.2) is 13.1 Å². The van der Waals surface area contributed by atoms with Crippen LogP contribution in [0.25, 0.3) is 0 Å². The fourth-order valence-corrected chi connectivity index (χ4v) is 5.65. The molecular formula is C26H33N3O5S. The van der Waals surface area contributed by atoms with Gasteiger partial charge in [0.25, 0.3) is 0 Å². The third kappa shape index (κ3) is 5.63. The van der Waals surface area contributed by atoms with E-state index in [9.17, 15) is 8.42 Å². The third-order valence-corrected chi connectivity index (χ3v) is 8.05. The number of sulfonamides is 1. The molecule has 4 rings (SSSR count). The van der Waals surface area contributed by atoms with Crippen LogP contribution in [-0.2, 0) is 10.0 Å². The van der Waals surface area contributed by atoms with Crippen LogP contribution < -0.4 is 19.1 Å². The minimum absolute atomic E-state index is 0.144. The second-order valence-corrected chi connectivity index (χ2v) is 10.4. The quantitative estimate of drug-likeness (QED) is 0.480. The Bertz CT molecular complexity index is 1220. The van der Waals surface area contributed by atoms with E-state index in [0.29, 0.717) is 5.75 Å². The van der Waals surface area contributed by atoms with E-state index in [0.717, 1.165) is 54.5 Å². The molecule has 0 aliphatic carbocycles. The number of piperazine rings is 1. The van der Waals surface area contributed by atoms with E-state index < -0.39 is 10.0 Å². The Kier molecular flexibility index (Phi) is 7.69. The predicted molar refractivity (Wildman–Crippen MR) is 136 cm³/mol. The first kappa shape index (κ1) is 25.1. The van der Waals surface area contributed by atoms with Crippen molar-refractivity contribution in [1.82, 2.24) is 9.62 Å². The Morgan fingerprint density at radius 1 is 0.971 bits per heavy atom. The van der Waals surface area contributed by atoms with Crippen LogP contribution >= 0.6 is 0 Å². The van der Waals surface area contributed by atoms with Crippen molar-refractivity contribution in [3.05, 3.63) is 71.7 Å². The first-order valence-corrected chi connectivity index (χ1v) is 13.1. The number of rotatable bonds is 9. The van der Waals surface area contributed by atoms with Crippen molar-refractivity contribution in [3.63, 3.8) is 0 Å². The van der Waals surface area contributed by atoms with Crippen LogP contribution in [0.2, 0.25) is 0 Å². The zero-order chi connectivity index (χ0) is 25.0. The lowest BCUT2D eigenvalue weighted by Gasteiger charge is -2.39. The number of ether oxygens (including phenoxy) is 2. The molecule has 188 valence electrons. The molecule has 0 radical (unpaired) electrons. The minimum atomic E-state index is -3.79. The van der Waals surface area contributed by atoms with Gasteiger partial charge in [0.05, 0.1) is 26.5 Å². The van der Waals surface area contributed by atoms with E-state index in [4.69, 9.17) is 13.9 Å². The van der Waals surface area contributed by atoms with E-state index in [-0.39, 0.29) is 17.5 Å². The molecule has 1 fully saturated rings. The van der Waals surface area contributed by atoms with Gasteiger partial charge in [0.2, 0.25) is 10.0 Å². The lowest BCUT2D eigenvalue weighted by atomic mass is 10.1. The molecule has 3 aromatic rings. The summed E-state index contributed by atoms with van der Waals surface area (Å²) in [7, 11) is -0.650. The molecule has 2 aromatic carbocycles. The topological polar surface area (TPSA) is 84.2 Å². The van der Waals surface area contributed by atoms with E-state index >= 15 is 0 Å². The summed E-state index contributed by atoms with van der Waals surface area (Å²) in [5.74, 6) is 1.90. The Balaban J connectivity index is 1.48. The molecule has 1 aliphatic heterocycles. The van der Waals surface area contributed by atoms with Gasteiger partial charge in [-0.3, -0.25) is 4.90 Å². The summed E-state index contributed by atoms with van der Waals surface area (Å²) < 4.78 is 45.7. The Hall–Kier alpha value is -3.01. The zero-order valence-corrected chi connectivity index (χ0v) is 21.5. The minimum Gasteiger partial charge on any atom is -0.497 e. The van der Waals surface area contributed by atoms with Gasteiger partial charge in [0, 0.05) is 38.4 Å². The van der Waals surface area contributed by atoms with Gasteiger partial charge in [0.15, 0.2) is 0 Å². The number of anilines is 1. The Labute approximate surface area is 207 Å². The van der Waals surface area contributed by atoms with Crippen molar-refractivity contribution in [2.75, 3.05) is 51.8 Å². The number of nitrogens with one attached hydrogen (secondary N) is 1. The van der Waals surface area contributed by atoms with Crippen molar-refractivity contribution < 1.29 is 22.3 Å². The molecule has 1 unspecified atom stereocenters. The second kappa shape index (κ2) is 10.7. The summed E-state index contributed by atoms with van der Waals surface area (Å²) in [4.78, 5) is 4.73. The molecule has 1 N–H and O–H groups in total. The maximum absolute atomic E-state index is 13.3. The van der Waals surface area contributed by atoms with E-state index in [2.05, 4.69) is 26.7 Å². The average Bonchev–Trinajstić information content (AvgIpc) is 3.40. The number of methoxy groups -OCH3 is 2. The number of hydrogen-bond donors (Lipinski definition) is 1. The zero-order valence-electron chi connectivity index (χ0n) is 20.7.